The van der Waals surface area contributed by atoms with Crippen LogP contribution in [0.1, 0.15) is 20.8 Å². The van der Waals surface area contributed by atoms with Crippen molar-refractivity contribution < 1.29 is 19.4 Å². The van der Waals surface area contributed by atoms with Gasteiger partial charge >= 0.3 is 11.9 Å². The molecule has 0 unspecified atom stereocenters. The quantitative estimate of drug-likeness (QED) is 0.563. The number of carbonyl (C=O) groups excluding carboxylic acids is 1. The molecule has 0 atom stereocenters. The summed E-state index contributed by atoms with van der Waals surface area (Å²) in [4.78, 5) is 22.5. The highest BCUT2D eigenvalue weighted by Crippen LogP contribution is 2.27. The molecule has 4 N–H and O–H groups in total. The lowest BCUT2D eigenvalue weighted by Crippen LogP contribution is -2.07. The molecule has 1 aromatic carbocycles. The predicted molar refractivity (Wildman–Crippen MR) is 66.7 cm³/mol. The molecule has 0 saturated heterocycles. The summed E-state index contributed by atoms with van der Waals surface area (Å²) in [5.74, 6) is -1.74. The first-order valence-corrected chi connectivity index (χ1v) is 5.30. The van der Waals surface area contributed by atoms with Gasteiger partial charge in [0, 0.05) is 11.3 Å². The summed E-state index contributed by atoms with van der Waals surface area (Å²) >= 11 is 0. The van der Waals surface area contributed by atoms with Crippen LogP contribution in [0.15, 0.2) is 24.3 Å². The Balaban J connectivity index is 2.58. The average Bonchev–Trinajstić information content (AvgIpc) is 2.87. The van der Waals surface area contributed by atoms with Gasteiger partial charge in [0.05, 0.1) is 18.4 Å². The average molecular weight is 261 g/mol. The maximum Gasteiger partial charge on any atom is 0.353 e. The fourth-order valence-electron chi connectivity index (χ4n) is 1.68. The Hall–Kier alpha value is -2.83. The number of nitrogens with two attached hydrogens (primary N) is 1. The van der Waals surface area contributed by atoms with E-state index >= 15 is 0 Å². The normalized spacial score (nSPS) is 10.2. The number of aromatic nitrogens is 2. The molecular formula is C12H11N3O4. The number of rotatable bonds is 3. The van der Waals surface area contributed by atoms with Crippen molar-refractivity contribution in [3.05, 3.63) is 35.5 Å². The highest BCUT2D eigenvalue weighted by Gasteiger charge is 2.19. The fourth-order valence-corrected chi connectivity index (χ4v) is 1.68. The van der Waals surface area contributed by atoms with Crippen LogP contribution in [0.3, 0.4) is 0 Å². The largest absolute Gasteiger partial charge is 0.477 e. The second-order valence-corrected chi connectivity index (χ2v) is 3.73. The number of nitrogens with one attached hydrogen (secondary N) is 1. The number of hydrogen-bond acceptors (Lipinski definition) is 5. The number of nitrogens with zero attached hydrogens (tertiary/aromatic N) is 1. The van der Waals surface area contributed by atoms with Crippen molar-refractivity contribution in [3.63, 3.8) is 0 Å². The number of H-pyrrole nitrogens is 1. The zero-order valence-electron chi connectivity index (χ0n) is 10.0. The lowest BCUT2D eigenvalue weighted by Gasteiger charge is -2.08. The van der Waals surface area contributed by atoms with Gasteiger partial charge in [0.15, 0.2) is 0 Å². The number of hydrogen-bond donors (Lipinski definition) is 3. The van der Waals surface area contributed by atoms with E-state index in [2.05, 4.69) is 14.9 Å². The number of aromatic carboxylic acids is 1. The van der Waals surface area contributed by atoms with E-state index in [9.17, 15) is 9.59 Å². The molecule has 1 heterocycles. The van der Waals surface area contributed by atoms with Crippen LogP contribution in [0.4, 0.5) is 5.69 Å². The lowest BCUT2D eigenvalue weighted by molar-refractivity contribution is 0.0601. The highest BCUT2D eigenvalue weighted by molar-refractivity contribution is 6.02. The molecule has 0 aliphatic rings. The number of carboxylic acids is 1. The van der Waals surface area contributed by atoms with Crippen LogP contribution in [0.25, 0.3) is 11.3 Å². The van der Waals surface area contributed by atoms with Gasteiger partial charge in [-0.05, 0) is 12.1 Å². The second-order valence-electron chi connectivity index (χ2n) is 3.73. The fraction of sp³-hybridized carbons (Fsp3) is 0.0833. The van der Waals surface area contributed by atoms with Crippen LogP contribution in [0, 0.1) is 0 Å². The zero-order chi connectivity index (χ0) is 14.0. The number of esters is 1. The zero-order valence-corrected chi connectivity index (χ0v) is 10.0. The summed E-state index contributed by atoms with van der Waals surface area (Å²) in [7, 11) is 1.24. The van der Waals surface area contributed by atoms with E-state index in [-0.39, 0.29) is 16.9 Å². The van der Waals surface area contributed by atoms with Crippen LogP contribution in [-0.4, -0.2) is 34.4 Å². The van der Waals surface area contributed by atoms with Gasteiger partial charge < -0.3 is 15.6 Å². The van der Waals surface area contributed by atoms with Gasteiger partial charge in [0.1, 0.15) is 5.69 Å². The van der Waals surface area contributed by atoms with Crippen molar-refractivity contribution in [1.82, 2.24) is 10.2 Å². The number of benzene rings is 1. The van der Waals surface area contributed by atoms with Crippen LogP contribution < -0.4 is 5.73 Å². The molecule has 98 valence electrons. The van der Waals surface area contributed by atoms with E-state index in [0.717, 1.165) is 0 Å². The molecule has 2 rings (SSSR count). The van der Waals surface area contributed by atoms with Crippen LogP contribution in [0.5, 0.6) is 0 Å². The standard InChI is InChI=1S/C12H11N3O4/c1-19-12(18)10-6(3-2-4-7(10)13)8-5-9(11(16)17)15-14-8/h2-5H,13H2,1H3,(H,14,15)(H,16,17). The van der Waals surface area contributed by atoms with Crippen molar-refractivity contribution in [2.24, 2.45) is 0 Å². The van der Waals surface area contributed by atoms with E-state index in [1.54, 1.807) is 18.2 Å². The highest BCUT2D eigenvalue weighted by atomic mass is 16.5. The van der Waals surface area contributed by atoms with Gasteiger partial charge in [-0.25, -0.2) is 9.59 Å². The molecule has 0 spiro atoms. The maximum absolute atomic E-state index is 11.7. The van der Waals surface area contributed by atoms with Gasteiger partial charge in [-0.15, -0.1) is 0 Å². The number of methoxy groups -OCH3 is 1. The summed E-state index contributed by atoms with van der Waals surface area (Å²) in [5, 5.41) is 15.1. The Kier molecular flexibility index (Phi) is 3.19. The van der Waals surface area contributed by atoms with Crippen molar-refractivity contribution in [2.75, 3.05) is 12.8 Å². The van der Waals surface area contributed by atoms with Gasteiger partial charge in [-0.2, -0.15) is 5.10 Å². The minimum Gasteiger partial charge on any atom is -0.477 e. The molecule has 1 aromatic heterocycles. The second kappa shape index (κ2) is 4.81. The van der Waals surface area contributed by atoms with Gasteiger partial charge in [0.2, 0.25) is 0 Å². The summed E-state index contributed by atoms with van der Waals surface area (Å²) in [6, 6.07) is 6.14. The number of ether oxygens (including phenoxy) is 1. The Labute approximate surface area is 108 Å². The molecular weight excluding hydrogens is 250 g/mol. The van der Waals surface area contributed by atoms with Crippen molar-refractivity contribution >= 4 is 17.6 Å². The van der Waals surface area contributed by atoms with Crippen LogP contribution >= 0.6 is 0 Å². The Morgan fingerprint density at radius 3 is 2.74 bits per heavy atom. The third-order valence-corrected chi connectivity index (χ3v) is 2.57. The summed E-state index contributed by atoms with van der Waals surface area (Å²) in [6.07, 6.45) is 0. The third kappa shape index (κ3) is 2.25. The Bertz CT molecular complexity index is 648. The summed E-state index contributed by atoms with van der Waals surface area (Å²) < 4.78 is 4.66. The van der Waals surface area contributed by atoms with E-state index in [1.165, 1.54) is 13.2 Å². The monoisotopic (exact) mass is 261 g/mol. The van der Waals surface area contributed by atoms with Gasteiger partial charge in [0.25, 0.3) is 0 Å². The maximum atomic E-state index is 11.7. The van der Waals surface area contributed by atoms with E-state index < -0.39 is 11.9 Å². The van der Waals surface area contributed by atoms with Crippen LogP contribution in [0.2, 0.25) is 0 Å². The van der Waals surface area contributed by atoms with E-state index in [1.807, 2.05) is 0 Å². The molecule has 0 amide bonds. The molecule has 0 radical (unpaired) electrons. The van der Waals surface area contributed by atoms with Gasteiger partial charge in [-0.3, -0.25) is 5.10 Å². The third-order valence-electron chi connectivity index (χ3n) is 2.57. The Morgan fingerprint density at radius 1 is 1.42 bits per heavy atom. The molecule has 0 saturated carbocycles. The molecule has 7 heteroatoms. The SMILES string of the molecule is COC(=O)c1c(N)cccc1-c1cc(C(=O)O)[nH]n1. The van der Waals surface area contributed by atoms with E-state index in [4.69, 9.17) is 10.8 Å². The topological polar surface area (TPSA) is 118 Å². The predicted octanol–water partition coefficient (Wildman–Crippen LogP) is 1.14. The van der Waals surface area contributed by atoms with Crippen molar-refractivity contribution in [3.8, 4) is 11.3 Å². The minimum absolute atomic E-state index is 0.0757. The summed E-state index contributed by atoms with van der Waals surface area (Å²) in [5.41, 5.74) is 6.79. The first kappa shape index (κ1) is 12.6. The van der Waals surface area contributed by atoms with Crippen molar-refractivity contribution in [2.45, 2.75) is 0 Å². The number of carbonyl (C=O) groups is 2. The van der Waals surface area contributed by atoms with E-state index in [0.29, 0.717) is 11.3 Å². The van der Waals surface area contributed by atoms with Crippen LogP contribution in [-0.2, 0) is 4.74 Å². The number of carboxylic acid groups (broad SMARTS) is 1. The first-order chi connectivity index (χ1) is 9.04. The number of anilines is 1. The molecule has 7 nitrogen and oxygen atoms in total. The van der Waals surface area contributed by atoms with Crippen molar-refractivity contribution in [1.29, 1.82) is 0 Å². The molecule has 0 fully saturated rings. The molecule has 2 aromatic rings. The number of nitrogen functional groups attached to an aromatic ring is 1. The summed E-state index contributed by atoms with van der Waals surface area (Å²) in [6.45, 7) is 0. The minimum atomic E-state index is -1.14. The first-order valence-electron chi connectivity index (χ1n) is 5.30. The van der Waals surface area contributed by atoms with Gasteiger partial charge in [-0.1, -0.05) is 12.1 Å². The Morgan fingerprint density at radius 2 is 2.16 bits per heavy atom. The smallest absolute Gasteiger partial charge is 0.353 e. The molecule has 0 bridgehead atoms. The number of aromatic amines is 1. The lowest BCUT2D eigenvalue weighted by atomic mass is 10.0. The molecule has 19 heavy (non-hydrogen) atoms. The molecule has 0 aliphatic carbocycles. The molecule has 0 aliphatic heterocycles.